The van der Waals surface area contributed by atoms with E-state index in [0.717, 1.165) is 51.4 Å². The molecule has 2 aliphatic rings. The molecule has 4 unspecified atom stereocenters. The van der Waals surface area contributed by atoms with Crippen LogP contribution in [0.3, 0.4) is 0 Å². The van der Waals surface area contributed by atoms with E-state index in [4.69, 9.17) is 9.47 Å². The van der Waals surface area contributed by atoms with Crippen LogP contribution in [0.2, 0.25) is 0 Å². The molecule has 4 nitrogen and oxygen atoms in total. The van der Waals surface area contributed by atoms with Gasteiger partial charge in [-0.1, -0.05) is 25.8 Å². The van der Waals surface area contributed by atoms with E-state index in [0.29, 0.717) is 0 Å². The highest BCUT2D eigenvalue weighted by Crippen LogP contribution is 2.29. The standard InChI is InChI=1S/C15H24O4/c1-2-15(17)19-14-10-6-5-9-13(14)18-12-8-4-3-7-11(12)16/h2,11-14,16H,1,3-10H2. The van der Waals surface area contributed by atoms with Crippen LogP contribution in [-0.4, -0.2) is 35.5 Å². The summed E-state index contributed by atoms with van der Waals surface area (Å²) in [4.78, 5) is 11.3. The number of aliphatic hydroxyl groups excluding tert-OH is 1. The predicted octanol–water partition coefficient (Wildman–Crippen LogP) is 2.35. The maximum atomic E-state index is 11.3. The molecule has 0 amide bonds. The molecule has 0 aromatic carbocycles. The first kappa shape index (κ1) is 14.5. The fourth-order valence-corrected chi connectivity index (χ4v) is 3.01. The zero-order valence-electron chi connectivity index (χ0n) is 11.4. The molecule has 0 aromatic heterocycles. The summed E-state index contributed by atoms with van der Waals surface area (Å²) in [6.45, 7) is 3.42. The van der Waals surface area contributed by atoms with Gasteiger partial charge in [0, 0.05) is 6.08 Å². The lowest BCUT2D eigenvalue weighted by Crippen LogP contribution is -2.42. The zero-order valence-corrected chi connectivity index (χ0v) is 11.4. The molecule has 0 bridgehead atoms. The largest absolute Gasteiger partial charge is 0.456 e. The highest BCUT2D eigenvalue weighted by atomic mass is 16.6. The van der Waals surface area contributed by atoms with E-state index in [-0.39, 0.29) is 30.4 Å². The van der Waals surface area contributed by atoms with E-state index in [1.54, 1.807) is 0 Å². The van der Waals surface area contributed by atoms with Gasteiger partial charge >= 0.3 is 5.97 Å². The number of esters is 1. The molecule has 0 spiro atoms. The predicted molar refractivity (Wildman–Crippen MR) is 71.7 cm³/mol. The topological polar surface area (TPSA) is 55.8 Å². The lowest BCUT2D eigenvalue weighted by molar-refractivity contribution is -0.169. The Kier molecular flexibility index (Phi) is 5.40. The molecule has 2 aliphatic carbocycles. The third-order valence-electron chi connectivity index (χ3n) is 4.09. The van der Waals surface area contributed by atoms with E-state index in [2.05, 4.69) is 6.58 Å². The number of carbonyl (C=O) groups excluding carboxylic acids is 1. The van der Waals surface area contributed by atoms with E-state index in [1.165, 1.54) is 6.08 Å². The second-order valence-corrected chi connectivity index (χ2v) is 5.53. The van der Waals surface area contributed by atoms with Crippen molar-refractivity contribution in [1.29, 1.82) is 0 Å². The lowest BCUT2D eigenvalue weighted by Gasteiger charge is -2.36. The van der Waals surface area contributed by atoms with E-state index in [1.807, 2.05) is 0 Å². The van der Waals surface area contributed by atoms with Crippen molar-refractivity contribution in [2.75, 3.05) is 0 Å². The van der Waals surface area contributed by atoms with Crippen LogP contribution in [0, 0.1) is 0 Å². The van der Waals surface area contributed by atoms with E-state index < -0.39 is 0 Å². The molecule has 1 N–H and O–H groups in total. The fraction of sp³-hybridized carbons (Fsp3) is 0.800. The van der Waals surface area contributed by atoms with Crippen LogP contribution in [0.25, 0.3) is 0 Å². The zero-order chi connectivity index (χ0) is 13.7. The maximum absolute atomic E-state index is 11.3. The van der Waals surface area contributed by atoms with Crippen molar-refractivity contribution in [1.82, 2.24) is 0 Å². The summed E-state index contributed by atoms with van der Waals surface area (Å²) in [5, 5.41) is 9.96. The molecule has 19 heavy (non-hydrogen) atoms. The second-order valence-electron chi connectivity index (χ2n) is 5.53. The van der Waals surface area contributed by atoms with Crippen molar-refractivity contribution in [2.24, 2.45) is 0 Å². The average molecular weight is 268 g/mol. The van der Waals surface area contributed by atoms with E-state index in [9.17, 15) is 9.90 Å². The molecule has 0 heterocycles. The van der Waals surface area contributed by atoms with Crippen molar-refractivity contribution in [3.8, 4) is 0 Å². The first-order chi connectivity index (χ1) is 9.20. The van der Waals surface area contributed by atoms with Gasteiger partial charge in [-0.15, -0.1) is 0 Å². The summed E-state index contributed by atoms with van der Waals surface area (Å²) >= 11 is 0. The van der Waals surface area contributed by atoms with Gasteiger partial charge in [0.15, 0.2) is 0 Å². The van der Waals surface area contributed by atoms with Crippen molar-refractivity contribution in [3.63, 3.8) is 0 Å². The Morgan fingerprint density at radius 2 is 1.58 bits per heavy atom. The van der Waals surface area contributed by atoms with Gasteiger partial charge in [0.25, 0.3) is 0 Å². The van der Waals surface area contributed by atoms with Crippen LogP contribution < -0.4 is 0 Å². The minimum Gasteiger partial charge on any atom is -0.456 e. The van der Waals surface area contributed by atoms with Crippen molar-refractivity contribution >= 4 is 5.97 Å². The van der Waals surface area contributed by atoms with Gasteiger partial charge in [-0.2, -0.15) is 0 Å². The highest BCUT2D eigenvalue weighted by Gasteiger charge is 2.33. The second kappa shape index (κ2) is 7.06. The van der Waals surface area contributed by atoms with Gasteiger partial charge in [-0.25, -0.2) is 4.79 Å². The number of hydrogen-bond donors (Lipinski definition) is 1. The number of hydrogen-bond acceptors (Lipinski definition) is 4. The minimum absolute atomic E-state index is 0.0737. The smallest absolute Gasteiger partial charge is 0.330 e. The molecular formula is C15H24O4. The molecule has 4 atom stereocenters. The summed E-state index contributed by atoms with van der Waals surface area (Å²) in [7, 11) is 0. The monoisotopic (exact) mass is 268 g/mol. The molecular weight excluding hydrogens is 244 g/mol. The normalized spacial score (nSPS) is 35.6. The number of carbonyl (C=O) groups is 1. The SMILES string of the molecule is C=CC(=O)OC1CCCCC1OC1CCCCC1O. The molecule has 108 valence electrons. The molecule has 0 aliphatic heterocycles. The van der Waals surface area contributed by atoms with Gasteiger partial charge in [-0.3, -0.25) is 0 Å². The van der Waals surface area contributed by atoms with Crippen molar-refractivity contribution < 1.29 is 19.4 Å². The Bertz CT molecular complexity index is 315. The highest BCUT2D eigenvalue weighted by molar-refractivity contribution is 5.81. The molecule has 2 rings (SSSR count). The van der Waals surface area contributed by atoms with Gasteiger partial charge in [0.2, 0.25) is 0 Å². The number of aliphatic hydroxyl groups is 1. The molecule has 0 saturated heterocycles. The molecule has 2 fully saturated rings. The maximum Gasteiger partial charge on any atom is 0.330 e. The summed E-state index contributed by atoms with van der Waals surface area (Å²) < 4.78 is 11.4. The number of rotatable bonds is 4. The summed E-state index contributed by atoms with van der Waals surface area (Å²) in [5.41, 5.74) is 0. The van der Waals surface area contributed by atoms with Gasteiger partial charge in [-0.05, 0) is 32.1 Å². The summed E-state index contributed by atoms with van der Waals surface area (Å²) in [5.74, 6) is -0.385. The number of ether oxygens (including phenoxy) is 2. The van der Waals surface area contributed by atoms with Crippen LogP contribution in [-0.2, 0) is 14.3 Å². The molecule has 4 heteroatoms. The fourth-order valence-electron chi connectivity index (χ4n) is 3.01. The van der Waals surface area contributed by atoms with Gasteiger partial charge in [0.1, 0.15) is 6.10 Å². The van der Waals surface area contributed by atoms with Crippen molar-refractivity contribution in [2.45, 2.75) is 75.8 Å². The molecule has 0 radical (unpaired) electrons. The summed E-state index contributed by atoms with van der Waals surface area (Å²) in [6, 6.07) is 0. The first-order valence-corrected chi connectivity index (χ1v) is 7.37. The Labute approximate surface area is 114 Å². The van der Waals surface area contributed by atoms with Crippen LogP contribution in [0.4, 0.5) is 0 Å². The van der Waals surface area contributed by atoms with Crippen LogP contribution in [0.5, 0.6) is 0 Å². The third kappa shape index (κ3) is 4.05. The summed E-state index contributed by atoms with van der Waals surface area (Å²) in [6.07, 6.45) is 8.25. The van der Waals surface area contributed by atoms with Gasteiger partial charge in [0.05, 0.1) is 18.3 Å². The van der Waals surface area contributed by atoms with Crippen LogP contribution in [0.15, 0.2) is 12.7 Å². The first-order valence-electron chi connectivity index (χ1n) is 7.37. The Hall–Kier alpha value is -0.870. The minimum atomic E-state index is -0.385. The Balaban J connectivity index is 1.91. The molecule has 0 aromatic rings. The van der Waals surface area contributed by atoms with Crippen molar-refractivity contribution in [3.05, 3.63) is 12.7 Å². The average Bonchev–Trinajstić information content (AvgIpc) is 2.43. The van der Waals surface area contributed by atoms with Crippen LogP contribution in [0.1, 0.15) is 51.4 Å². The third-order valence-corrected chi connectivity index (χ3v) is 4.09. The lowest BCUT2D eigenvalue weighted by atomic mass is 9.91. The van der Waals surface area contributed by atoms with Crippen LogP contribution >= 0.6 is 0 Å². The quantitative estimate of drug-likeness (QED) is 0.628. The van der Waals surface area contributed by atoms with Gasteiger partial charge < -0.3 is 14.6 Å². The van der Waals surface area contributed by atoms with E-state index >= 15 is 0 Å². The Morgan fingerprint density at radius 3 is 2.21 bits per heavy atom. The Morgan fingerprint density at radius 1 is 1.00 bits per heavy atom. The molecule has 2 saturated carbocycles.